The summed E-state index contributed by atoms with van der Waals surface area (Å²) in [6, 6.07) is 4.16. The van der Waals surface area contributed by atoms with Gasteiger partial charge in [-0.3, -0.25) is 0 Å². The molecule has 2 atom stereocenters. The molecule has 1 nitrogen and oxygen atoms in total. The van der Waals surface area contributed by atoms with Crippen molar-refractivity contribution in [2.24, 2.45) is 17.6 Å². The van der Waals surface area contributed by atoms with Gasteiger partial charge in [0.05, 0.1) is 4.34 Å². The third-order valence-electron chi connectivity index (χ3n) is 3.46. The summed E-state index contributed by atoms with van der Waals surface area (Å²) < 4.78 is 0.908. The van der Waals surface area contributed by atoms with Crippen molar-refractivity contribution < 1.29 is 0 Å². The average molecular weight is 244 g/mol. The van der Waals surface area contributed by atoms with E-state index in [1.54, 1.807) is 11.3 Å². The average Bonchev–Trinajstić information content (AvgIpc) is 2.65. The molecule has 2 rings (SSSR count). The summed E-state index contributed by atoms with van der Waals surface area (Å²) in [5.74, 6) is 1.53. The smallest absolute Gasteiger partial charge is 0.0931 e. The fourth-order valence-electron chi connectivity index (χ4n) is 2.58. The largest absolute Gasteiger partial charge is 0.330 e. The van der Waals surface area contributed by atoms with Crippen LogP contribution in [-0.2, 0) is 6.42 Å². The Bertz CT molecular complexity index is 310. The van der Waals surface area contributed by atoms with Gasteiger partial charge in [0.25, 0.3) is 0 Å². The second kappa shape index (κ2) is 5.33. The lowest BCUT2D eigenvalue weighted by Crippen LogP contribution is -2.27. The van der Waals surface area contributed by atoms with Gasteiger partial charge in [-0.05, 0) is 49.8 Å². The summed E-state index contributed by atoms with van der Waals surface area (Å²) in [7, 11) is 0. The van der Waals surface area contributed by atoms with Crippen LogP contribution in [-0.4, -0.2) is 6.54 Å². The molecular formula is C12H18ClNS. The van der Waals surface area contributed by atoms with Gasteiger partial charge in [0.15, 0.2) is 0 Å². The Balaban J connectivity index is 1.97. The van der Waals surface area contributed by atoms with Gasteiger partial charge in [-0.15, -0.1) is 11.3 Å². The molecule has 15 heavy (non-hydrogen) atoms. The van der Waals surface area contributed by atoms with E-state index in [-0.39, 0.29) is 0 Å². The molecule has 0 radical (unpaired) electrons. The number of halogens is 1. The van der Waals surface area contributed by atoms with E-state index in [2.05, 4.69) is 6.07 Å². The second-order valence-electron chi connectivity index (χ2n) is 4.45. The minimum Gasteiger partial charge on any atom is -0.330 e. The predicted molar refractivity (Wildman–Crippen MR) is 67.5 cm³/mol. The molecule has 84 valence electrons. The van der Waals surface area contributed by atoms with Crippen molar-refractivity contribution in [3.05, 3.63) is 21.3 Å². The highest BCUT2D eigenvalue weighted by atomic mass is 35.5. The lowest BCUT2D eigenvalue weighted by atomic mass is 9.77. The number of nitrogens with two attached hydrogens (primary N) is 1. The summed E-state index contributed by atoms with van der Waals surface area (Å²) in [6.07, 6.45) is 6.58. The number of hydrogen-bond donors (Lipinski definition) is 1. The van der Waals surface area contributed by atoms with E-state index >= 15 is 0 Å². The molecule has 0 bridgehead atoms. The van der Waals surface area contributed by atoms with Gasteiger partial charge in [0, 0.05) is 4.88 Å². The van der Waals surface area contributed by atoms with Crippen molar-refractivity contribution in [2.75, 3.05) is 6.54 Å². The second-order valence-corrected chi connectivity index (χ2v) is 6.25. The molecule has 0 amide bonds. The first-order valence-electron chi connectivity index (χ1n) is 5.74. The zero-order valence-corrected chi connectivity index (χ0v) is 10.5. The Labute approximate surface area is 101 Å². The maximum absolute atomic E-state index is 5.94. The fraction of sp³-hybridized carbons (Fsp3) is 0.667. The molecule has 2 N–H and O–H groups in total. The highest BCUT2D eigenvalue weighted by molar-refractivity contribution is 7.16. The van der Waals surface area contributed by atoms with E-state index in [1.807, 2.05) is 6.07 Å². The molecule has 0 aromatic carbocycles. The van der Waals surface area contributed by atoms with Gasteiger partial charge in [-0.25, -0.2) is 0 Å². The fourth-order valence-corrected chi connectivity index (χ4v) is 3.76. The topological polar surface area (TPSA) is 26.0 Å². The molecule has 3 heteroatoms. The molecule has 1 fully saturated rings. The van der Waals surface area contributed by atoms with Crippen LogP contribution >= 0.6 is 22.9 Å². The molecule has 1 aromatic heterocycles. The Morgan fingerprint density at radius 3 is 2.60 bits per heavy atom. The zero-order valence-electron chi connectivity index (χ0n) is 8.92. The first-order valence-corrected chi connectivity index (χ1v) is 6.93. The van der Waals surface area contributed by atoms with Crippen molar-refractivity contribution >= 4 is 22.9 Å². The summed E-state index contributed by atoms with van der Waals surface area (Å²) in [5, 5.41) is 0. The first-order chi connectivity index (χ1) is 7.29. The van der Waals surface area contributed by atoms with Crippen molar-refractivity contribution in [1.82, 2.24) is 0 Å². The van der Waals surface area contributed by atoms with Gasteiger partial charge in [0.2, 0.25) is 0 Å². The van der Waals surface area contributed by atoms with Crippen LogP contribution in [0.5, 0.6) is 0 Å². The molecule has 2 unspecified atom stereocenters. The predicted octanol–water partition coefficient (Wildman–Crippen LogP) is 3.71. The van der Waals surface area contributed by atoms with E-state index in [0.717, 1.165) is 22.7 Å². The van der Waals surface area contributed by atoms with Crippen LogP contribution < -0.4 is 5.73 Å². The molecule has 1 saturated carbocycles. The highest BCUT2D eigenvalue weighted by Gasteiger charge is 2.24. The summed E-state index contributed by atoms with van der Waals surface area (Å²) in [4.78, 5) is 1.42. The van der Waals surface area contributed by atoms with Crippen molar-refractivity contribution in [3.8, 4) is 0 Å². The Morgan fingerprint density at radius 1 is 1.27 bits per heavy atom. The van der Waals surface area contributed by atoms with E-state index in [1.165, 1.54) is 37.0 Å². The van der Waals surface area contributed by atoms with E-state index in [0.29, 0.717) is 0 Å². The van der Waals surface area contributed by atoms with Crippen LogP contribution in [0.2, 0.25) is 4.34 Å². The normalized spacial score (nSPS) is 26.8. The van der Waals surface area contributed by atoms with Gasteiger partial charge < -0.3 is 5.73 Å². The zero-order chi connectivity index (χ0) is 10.7. The van der Waals surface area contributed by atoms with Crippen molar-refractivity contribution in [2.45, 2.75) is 32.1 Å². The Morgan fingerprint density at radius 2 is 2.00 bits per heavy atom. The van der Waals surface area contributed by atoms with E-state index in [9.17, 15) is 0 Å². The number of rotatable bonds is 3. The molecule has 1 aromatic rings. The monoisotopic (exact) mass is 243 g/mol. The molecule has 0 spiro atoms. The molecule has 0 aliphatic heterocycles. The van der Waals surface area contributed by atoms with Gasteiger partial charge in [-0.2, -0.15) is 0 Å². The SMILES string of the molecule is NCC1CCCCC1Cc1ccc(Cl)s1. The Hall–Kier alpha value is -0.0500. The third kappa shape index (κ3) is 2.96. The standard InChI is InChI=1S/C12H18ClNS/c13-12-6-5-11(15-12)7-9-3-1-2-4-10(9)8-14/h5-6,9-10H,1-4,7-8,14H2. The quantitative estimate of drug-likeness (QED) is 0.861. The maximum atomic E-state index is 5.94. The number of thiophene rings is 1. The van der Waals surface area contributed by atoms with Crippen LogP contribution in [0.1, 0.15) is 30.6 Å². The Kier molecular flexibility index (Phi) is 4.06. The van der Waals surface area contributed by atoms with Gasteiger partial charge in [0.1, 0.15) is 0 Å². The van der Waals surface area contributed by atoms with Gasteiger partial charge >= 0.3 is 0 Å². The van der Waals surface area contributed by atoms with Crippen LogP contribution in [0.15, 0.2) is 12.1 Å². The molecule has 1 aliphatic rings. The first kappa shape index (κ1) is 11.4. The molecule has 1 aliphatic carbocycles. The van der Waals surface area contributed by atoms with Crippen LogP contribution in [0.4, 0.5) is 0 Å². The maximum Gasteiger partial charge on any atom is 0.0931 e. The molecule has 1 heterocycles. The van der Waals surface area contributed by atoms with Crippen LogP contribution in [0, 0.1) is 11.8 Å². The van der Waals surface area contributed by atoms with Crippen LogP contribution in [0.3, 0.4) is 0 Å². The number of hydrogen-bond acceptors (Lipinski definition) is 2. The van der Waals surface area contributed by atoms with Crippen LogP contribution in [0.25, 0.3) is 0 Å². The van der Waals surface area contributed by atoms with Crippen molar-refractivity contribution in [1.29, 1.82) is 0 Å². The van der Waals surface area contributed by atoms with Gasteiger partial charge in [-0.1, -0.05) is 24.4 Å². The lowest BCUT2D eigenvalue weighted by Gasteiger charge is -2.30. The minimum absolute atomic E-state index is 0.736. The highest BCUT2D eigenvalue weighted by Crippen LogP contribution is 2.34. The van der Waals surface area contributed by atoms with E-state index in [4.69, 9.17) is 17.3 Å². The summed E-state index contributed by atoms with van der Waals surface area (Å²) >= 11 is 7.66. The summed E-state index contributed by atoms with van der Waals surface area (Å²) in [5.41, 5.74) is 5.83. The third-order valence-corrected chi connectivity index (χ3v) is 4.71. The van der Waals surface area contributed by atoms with E-state index < -0.39 is 0 Å². The minimum atomic E-state index is 0.736. The molecule has 0 saturated heterocycles. The molecular weight excluding hydrogens is 226 g/mol. The van der Waals surface area contributed by atoms with Crippen molar-refractivity contribution in [3.63, 3.8) is 0 Å². The lowest BCUT2D eigenvalue weighted by molar-refractivity contribution is 0.243. The summed E-state index contributed by atoms with van der Waals surface area (Å²) in [6.45, 7) is 0.851.